The lowest BCUT2D eigenvalue weighted by atomic mass is 9.89. The zero-order valence-corrected chi connectivity index (χ0v) is 10.1. The van der Waals surface area contributed by atoms with Crippen LogP contribution in [0.2, 0.25) is 0 Å². The Morgan fingerprint density at radius 3 is 2.57 bits per heavy atom. The molecule has 0 radical (unpaired) electrons. The maximum atomic E-state index is 11.6. The number of aromatic nitrogens is 1. The highest BCUT2D eigenvalue weighted by atomic mass is 32.1. The van der Waals surface area contributed by atoms with Crippen LogP contribution in [0.1, 0.15) is 37.9 Å². The van der Waals surface area contributed by atoms with Crippen molar-refractivity contribution in [2.75, 3.05) is 0 Å². The summed E-state index contributed by atoms with van der Waals surface area (Å²) in [5, 5.41) is 2.93. The summed E-state index contributed by atoms with van der Waals surface area (Å²) >= 11 is 1.57. The predicted molar refractivity (Wildman–Crippen MR) is 59.6 cm³/mol. The normalized spacial score (nSPS) is 11.7. The summed E-state index contributed by atoms with van der Waals surface area (Å²) in [6.45, 7) is 8.20. The first kappa shape index (κ1) is 11.4. The molecule has 0 unspecified atom stereocenters. The third-order valence-corrected chi connectivity index (χ3v) is 2.71. The van der Waals surface area contributed by atoms with Crippen LogP contribution in [0.4, 0.5) is 0 Å². The lowest BCUT2D eigenvalue weighted by Crippen LogP contribution is -2.14. The number of thiazole rings is 1. The molecule has 14 heavy (non-hydrogen) atoms. The van der Waals surface area contributed by atoms with Crippen LogP contribution in [-0.2, 0) is 11.2 Å². The van der Waals surface area contributed by atoms with Crippen LogP contribution < -0.4 is 0 Å². The zero-order chi connectivity index (χ0) is 10.8. The SMILES string of the molecule is Cc1csc(CC(=O)CC(C)(C)C)n1. The molecule has 0 saturated heterocycles. The van der Waals surface area contributed by atoms with Gasteiger partial charge in [0, 0.05) is 17.5 Å². The van der Waals surface area contributed by atoms with Crippen molar-refractivity contribution in [2.45, 2.75) is 40.5 Å². The first-order valence-electron chi connectivity index (χ1n) is 4.79. The first-order chi connectivity index (χ1) is 6.37. The Bertz CT molecular complexity index is 322. The Labute approximate surface area is 89.4 Å². The summed E-state index contributed by atoms with van der Waals surface area (Å²) in [6, 6.07) is 0. The molecule has 0 spiro atoms. The Kier molecular flexibility index (Phi) is 3.43. The molecule has 0 aromatic carbocycles. The molecule has 0 aliphatic heterocycles. The van der Waals surface area contributed by atoms with Crippen LogP contribution in [0.5, 0.6) is 0 Å². The van der Waals surface area contributed by atoms with Gasteiger partial charge in [-0.3, -0.25) is 4.79 Å². The Hall–Kier alpha value is -0.700. The summed E-state index contributed by atoms with van der Waals surface area (Å²) in [4.78, 5) is 15.9. The fourth-order valence-electron chi connectivity index (χ4n) is 1.31. The van der Waals surface area contributed by atoms with E-state index >= 15 is 0 Å². The molecule has 0 atom stereocenters. The molecule has 2 nitrogen and oxygen atoms in total. The van der Waals surface area contributed by atoms with Crippen molar-refractivity contribution in [1.82, 2.24) is 4.98 Å². The van der Waals surface area contributed by atoms with E-state index in [-0.39, 0.29) is 11.2 Å². The second-order valence-corrected chi connectivity index (χ2v) is 5.78. The standard InChI is InChI=1S/C11H17NOS/c1-8-7-14-10(12-8)5-9(13)6-11(2,3)4/h7H,5-6H2,1-4H3. The van der Waals surface area contributed by atoms with Crippen LogP contribution in [-0.4, -0.2) is 10.8 Å². The fraction of sp³-hybridized carbons (Fsp3) is 0.636. The minimum atomic E-state index is 0.0867. The monoisotopic (exact) mass is 211 g/mol. The average Bonchev–Trinajstić information content (AvgIpc) is 2.30. The smallest absolute Gasteiger partial charge is 0.140 e. The van der Waals surface area contributed by atoms with Gasteiger partial charge in [0.15, 0.2) is 0 Å². The van der Waals surface area contributed by atoms with Crippen molar-refractivity contribution in [3.63, 3.8) is 0 Å². The van der Waals surface area contributed by atoms with Crippen LogP contribution in [0.15, 0.2) is 5.38 Å². The number of carbonyl (C=O) groups excluding carboxylic acids is 1. The van der Waals surface area contributed by atoms with Crippen molar-refractivity contribution in [1.29, 1.82) is 0 Å². The van der Waals surface area contributed by atoms with E-state index in [0.717, 1.165) is 10.7 Å². The van der Waals surface area contributed by atoms with Gasteiger partial charge in [0.2, 0.25) is 0 Å². The molecule has 1 aromatic heterocycles. The molecule has 78 valence electrons. The molecule has 0 bridgehead atoms. The van der Waals surface area contributed by atoms with E-state index in [1.54, 1.807) is 11.3 Å². The number of Topliss-reactive ketones (excluding diaryl/α,β-unsaturated/α-hetero) is 1. The van der Waals surface area contributed by atoms with Crippen molar-refractivity contribution in [2.24, 2.45) is 5.41 Å². The number of rotatable bonds is 3. The summed E-state index contributed by atoms with van der Waals surface area (Å²) in [6.07, 6.45) is 1.13. The van der Waals surface area contributed by atoms with Gasteiger partial charge in [-0.05, 0) is 12.3 Å². The van der Waals surface area contributed by atoms with E-state index in [1.165, 1.54) is 0 Å². The Balaban J connectivity index is 2.50. The van der Waals surface area contributed by atoms with E-state index < -0.39 is 0 Å². The number of aryl methyl sites for hydroxylation is 1. The van der Waals surface area contributed by atoms with Crippen LogP contribution in [0, 0.1) is 12.3 Å². The van der Waals surface area contributed by atoms with Gasteiger partial charge < -0.3 is 0 Å². The fourth-order valence-corrected chi connectivity index (χ4v) is 2.11. The second-order valence-electron chi connectivity index (χ2n) is 4.84. The maximum absolute atomic E-state index is 11.6. The molecule has 0 fully saturated rings. The van der Waals surface area contributed by atoms with Crippen molar-refractivity contribution >= 4 is 17.1 Å². The predicted octanol–water partition coefficient (Wildman–Crippen LogP) is 3.00. The van der Waals surface area contributed by atoms with Gasteiger partial charge in [0.25, 0.3) is 0 Å². The lowest BCUT2D eigenvalue weighted by molar-refractivity contribution is -0.120. The number of hydrogen-bond donors (Lipinski definition) is 0. The molecular weight excluding hydrogens is 194 g/mol. The van der Waals surface area contributed by atoms with E-state index in [4.69, 9.17) is 0 Å². The van der Waals surface area contributed by atoms with E-state index in [0.29, 0.717) is 12.8 Å². The topological polar surface area (TPSA) is 30.0 Å². The first-order valence-corrected chi connectivity index (χ1v) is 5.67. The second kappa shape index (κ2) is 4.22. The average molecular weight is 211 g/mol. The van der Waals surface area contributed by atoms with Crippen molar-refractivity contribution in [3.8, 4) is 0 Å². The van der Waals surface area contributed by atoms with Crippen molar-refractivity contribution < 1.29 is 4.79 Å². The number of ketones is 1. The molecule has 1 heterocycles. The van der Waals surface area contributed by atoms with Gasteiger partial charge in [-0.25, -0.2) is 4.98 Å². The molecule has 1 rings (SSSR count). The van der Waals surface area contributed by atoms with Crippen molar-refractivity contribution in [3.05, 3.63) is 16.1 Å². The zero-order valence-electron chi connectivity index (χ0n) is 9.26. The summed E-state index contributed by atoms with van der Waals surface area (Å²) in [7, 11) is 0. The van der Waals surface area contributed by atoms with Gasteiger partial charge in [-0.2, -0.15) is 0 Å². The summed E-state index contributed by atoms with van der Waals surface area (Å²) in [5.74, 6) is 0.284. The third-order valence-electron chi connectivity index (χ3n) is 1.74. The van der Waals surface area contributed by atoms with E-state index in [1.807, 2.05) is 12.3 Å². The number of nitrogens with zero attached hydrogens (tertiary/aromatic N) is 1. The summed E-state index contributed by atoms with van der Waals surface area (Å²) in [5.41, 5.74) is 1.09. The molecule has 0 amide bonds. The third kappa shape index (κ3) is 4.01. The van der Waals surface area contributed by atoms with Gasteiger partial charge in [0.1, 0.15) is 10.8 Å². The van der Waals surface area contributed by atoms with E-state index in [9.17, 15) is 4.79 Å². The van der Waals surface area contributed by atoms with Crippen LogP contribution in [0.25, 0.3) is 0 Å². The number of hydrogen-bond acceptors (Lipinski definition) is 3. The molecular formula is C11H17NOS. The van der Waals surface area contributed by atoms with Gasteiger partial charge >= 0.3 is 0 Å². The quantitative estimate of drug-likeness (QED) is 0.769. The number of carbonyl (C=O) groups is 1. The molecule has 1 aromatic rings. The summed E-state index contributed by atoms with van der Waals surface area (Å²) < 4.78 is 0. The minimum Gasteiger partial charge on any atom is -0.299 e. The molecule has 0 saturated carbocycles. The van der Waals surface area contributed by atoms with Gasteiger partial charge in [0.05, 0.1) is 6.42 Å². The lowest BCUT2D eigenvalue weighted by Gasteiger charge is -2.15. The molecule has 3 heteroatoms. The highest BCUT2D eigenvalue weighted by Crippen LogP contribution is 2.20. The molecule has 0 aliphatic rings. The Morgan fingerprint density at radius 1 is 1.50 bits per heavy atom. The highest BCUT2D eigenvalue weighted by molar-refractivity contribution is 7.09. The Morgan fingerprint density at radius 2 is 2.14 bits per heavy atom. The van der Waals surface area contributed by atoms with Gasteiger partial charge in [-0.15, -0.1) is 11.3 Å². The highest BCUT2D eigenvalue weighted by Gasteiger charge is 2.16. The van der Waals surface area contributed by atoms with Crippen LogP contribution in [0.3, 0.4) is 0 Å². The van der Waals surface area contributed by atoms with Gasteiger partial charge in [-0.1, -0.05) is 20.8 Å². The van der Waals surface area contributed by atoms with Crippen LogP contribution >= 0.6 is 11.3 Å². The molecule has 0 N–H and O–H groups in total. The molecule has 0 aliphatic carbocycles. The minimum absolute atomic E-state index is 0.0867. The van der Waals surface area contributed by atoms with E-state index in [2.05, 4.69) is 25.8 Å². The maximum Gasteiger partial charge on any atom is 0.140 e. The largest absolute Gasteiger partial charge is 0.299 e.